The minimum atomic E-state index is 0.172. The van der Waals surface area contributed by atoms with E-state index < -0.39 is 0 Å². The van der Waals surface area contributed by atoms with Crippen LogP contribution in [0.15, 0.2) is 0 Å². The van der Waals surface area contributed by atoms with Gasteiger partial charge in [0.15, 0.2) is 0 Å². The molecule has 0 amide bonds. The van der Waals surface area contributed by atoms with E-state index in [0.29, 0.717) is 17.6 Å². The largest absolute Gasteiger partial charge is 0.375 e. The van der Waals surface area contributed by atoms with E-state index in [-0.39, 0.29) is 5.60 Å². The summed E-state index contributed by atoms with van der Waals surface area (Å²) >= 11 is 0. The van der Waals surface area contributed by atoms with Gasteiger partial charge in [-0.1, -0.05) is 19.3 Å². The summed E-state index contributed by atoms with van der Waals surface area (Å²) in [4.78, 5) is 11.9. The molecular weight excluding hydrogens is 212 g/mol. The molecular formula is C15H24O2. The zero-order chi connectivity index (χ0) is 11.7. The highest BCUT2D eigenvalue weighted by molar-refractivity contribution is 5.83. The van der Waals surface area contributed by atoms with Gasteiger partial charge in [0.05, 0.1) is 5.60 Å². The van der Waals surface area contributed by atoms with Crippen LogP contribution in [0, 0.1) is 11.8 Å². The van der Waals surface area contributed by atoms with Gasteiger partial charge in [0, 0.05) is 18.9 Å². The van der Waals surface area contributed by atoms with E-state index in [1.807, 2.05) is 0 Å². The number of carbonyl (C=O) groups excluding carboxylic acids is 1. The Bertz CT molecular complexity index is 282. The summed E-state index contributed by atoms with van der Waals surface area (Å²) in [6.45, 7) is 0.891. The molecule has 0 aromatic carbocycles. The Labute approximate surface area is 104 Å². The third-order valence-electron chi connectivity index (χ3n) is 4.88. The van der Waals surface area contributed by atoms with Crippen LogP contribution in [0.3, 0.4) is 0 Å². The molecule has 0 aromatic heterocycles. The highest BCUT2D eigenvalue weighted by atomic mass is 16.5. The first-order valence-corrected chi connectivity index (χ1v) is 7.44. The zero-order valence-corrected chi connectivity index (χ0v) is 10.7. The van der Waals surface area contributed by atoms with Gasteiger partial charge in [0.1, 0.15) is 5.78 Å². The van der Waals surface area contributed by atoms with Crippen molar-refractivity contribution < 1.29 is 9.53 Å². The Kier molecular flexibility index (Phi) is 3.25. The smallest absolute Gasteiger partial charge is 0.136 e. The van der Waals surface area contributed by atoms with Gasteiger partial charge in [-0.2, -0.15) is 0 Å². The molecule has 1 unspecified atom stereocenters. The van der Waals surface area contributed by atoms with E-state index >= 15 is 0 Å². The molecule has 3 fully saturated rings. The second-order valence-electron chi connectivity index (χ2n) is 6.40. The van der Waals surface area contributed by atoms with Crippen LogP contribution < -0.4 is 0 Å². The van der Waals surface area contributed by atoms with Crippen molar-refractivity contribution in [3.8, 4) is 0 Å². The zero-order valence-electron chi connectivity index (χ0n) is 10.7. The van der Waals surface area contributed by atoms with E-state index in [9.17, 15) is 4.79 Å². The Balaban J connectivity index is 1.56. The molecule has 96 valence electrons. The van der Waals surface area contributed by atoms with Crippen LogP contribution in [0.25, 0.3) is 0 Å². The lowest BCUT2D eigenvalue weighted by Crippen LogP contribution is -2.42. The highest BCUT2D eigenvalue weighted by Gasteiger charge is 2.40. The SMILES string of the molecule is O=C(CC1CCOC2(CCCCC2)C1)C1CC1. The molecule has 0 N–H and O–H groups in total. The molecule has 1 atom stereocenters. The van der Waals surface area contributed by atoms with E-state index in [1.165, 1.54) is 32.1 Å². The number of Topliss-reactive ketones (excluding diaryl/α,β-unsaturated/α-hetero) is 1. The lowest BCUT2D eigenvalue weighted by Gasteiger charge is -2.43. The van der Waals surface area contributed by atoms with E-state index in [0.717, 1.165) is 38.7 Å². The van der Waals surface area contributed by atoms with Crippen molar-refractivity contribution in [2.75, 3.05) is 6.61 Å². The van der Waals surface area contributed by atoms with Gasteiger partial charge in [0.25, 0.3) is 0 Å². The molecule has 0 radical (unpaired) electrons. The molecule has 0 aromatic rings. The Morgan fingerprint density at radius 1 is 1.12 bits per heavy atom. The van der Waals surface area contributed by atoms with Gasteiger partial charge in [-0.05, 0) is 44.4 Å². The fourth-order valence-corrected chi connectivity index (χ4v) is 3.70. The lowest BCUT2D eigenvalue weighted by molar-refractivity contribution is -0.131. The van der Waals surface area contributed by atoms with Gasteiger partial charge < -0.3 is 4.74 Å². The van der Waals surface area contributed by atoms with Crippen molar-refractivity contribution in [3.63, 3.8) is 0 Å². The van der Waals surface area contributed by atoms with E-state index in [4.69, 9.17) is 4.74 Å². The maximum absolute atomic E-state index is 11.9. The fraction of sp³-hybridized carbons (Fsp3) is 0.933. The molecule has 3 rings (SSSR count). The number of carbonyl (C=O) groups is 1. The van der Waals surface area contributed by atoms with Crippen LogP contribution >= 0.6 is 0 Å². The van der Waals surface area contributed by atoms with Crippen molar-refractivity contribution in [2.24, 2.45) is 11.8 Å². The van der Waals surface area contributed by atoms with Crippen molar-refractivity contribution in [1.82, 2.24) is 0 Å². The summed E-state index contributed by atoms with van der Waals surface area (Å²) in [5.41, 5.74) is 0.172. The van der Waals surface area contributed by atoms with Crippen molar-refractivity contribution in [1.29, 1.82) is 0 Å². The first-order chi connectivity index (χ1) is 8.27. The number of ether oxygens (including phenoxy) is 1. The first-order valence-electron chi connectivity index (χ1n) is 7.44. The number of hydrogen-bond acceptors (Lipinski definition) is 2. The Morgan fingerprint density at radius 2 is 1.88 bits per heavy atom. The minimum absolute atomic E-state index is 0.172. The molecule has 1 saturated heterocycles. The standard InChI is InChI=1S/C15H24O2/c16-14(13-4-5-13)10-12-6-9-17-15(11-12)7-2-1-3-8-15/h12-13H,1-11H2. The lowest BCUT2D eigenvalue weighted by atomic mass is 9.75. The summed E-state index contributed by atoms with van der Waals surface area (Å²) < 4.78 is 6.08. The van der Waals surface area contributed by atoms with Crippen LogP contribution in [-0.4, -0.2) is 18.0 Å². The summed E-state index contributed by atoms with van der Waals surface area (Å²) in [7, 11) is 0. The summed E-state index contributed by atoms with van der Waals surface area (Å²) in [6.07, 6.45) is 11.9. The monoisotopic (exact) mass is 236 g/mol. The minimum Gasteiger partial charge on any atom is -0.375 e. The molecule has 3 aliphatic rings. The van der Waals surface area contributed by atoms with Gasteiger partial charge in [-0.3, -0.25) is 4.79 Å². The van der Waals surface area contributed by atoms with E-state index in [2.05, 4.69) is 0 Å². The number of ketones is 1. The van der Waals surface area contributed by atoms with Crippen LogP contribution in [0.4, 0.5) is 0 Å². The van der Waals surface area contributed by atoms with Crippen LogP contribution in [-0.2, 0) is 9.53 Å². The molecule has 1 spiro atoms. The summed E-state index contributed by atoms with van der Waals surface area (Å²) in [5.74, 6) is 1.61. The van der Waals surface area contributed by atoms with Crippen molar-refractivity contribution in [3.05, 3.63) is 0 Å². The highest BCUT2D eigenvalue weighted by Crippen LogP contribution is 2.42. The van der Waals surface area contributed by atoms with Gasteiger partial charge in [0.2, 0.25) is 0 Å². The summed E-state index contributed by atoms with van der Waals surface area (Å²) in [6, 6.07) is 0. The maximum atomic E-state index is 11.9. The van der Waals surface area contributed by atoms with Crippen LogP contribution in [0.2, 0.25) is 0 Å². The van der Waals surface area contributed by atoms with Gasteiger partial charge >= 0.3 is 0 Å². The quantitative estimate of drug-likeness (QED) is 0.750. The normalized spacial score (nSPS) is 32.6. The molecule has 1 aliphatic heterocycles. The second kappa shape index (κ2) is 4.72. The first kappa shape index (κ1) is 11.7. The molecule has 1 heterocycles. The molecule has 17 heavy (non-hydrogen) atoms. The second-order valence-corrected chi connectivity index (χ2v) is 6.40. The van der Waals surface area contributed by atoms with Gasteiger partial charge in [-0.25, -0.2) is 0 Å². The predicted molar refractivity (Wildman–Crippen MR) is 66.8 cm³/mol. The molecule has 2 heteroatoms. The average Bonchev–Trinajstić information content (AvgIpc) is 3.14. The van der Waals surface area contributed by atoms with Crippen LogP contribution in [0.1, 0.15) is 64.2 Å². The molecule has 0 bridgehead atoms. The molecule has 2 aliphatic carbocycles. The Morgan fingerprint density at radius 3 is 2.59 bits per heavy atom. The van der Waals surface area contributed by atoms with Crippen LogP contribution in [0.5, 0.6) is 0 Å². The van der Waals surface area contributed by atoms with E-state index in [1.54, 1.807) is 0 Å². The maximum Gasteiger partial charge on any atom is 0.136 e. The average molecular weight is 236 g/mol. The Hall–Kier alpha value is -0.370. The third-order valence-corrected chi connectivity index (χ3v) is 4.88. The topological polar surface area (TPSA) is 26.3 Å². The van der Waals surface area contributed by atoms with Crippen molar-refractivity contribution >= 4 is 5.78 Å². The predicted octanol–water partition coefficient (Wildman–Crippen LogP) is 3.49. The molecule has 2 saturated carbocycles. The molecule has 2 nitrogen and oxygen atoms in total. The summed E-state index contributed by atoms with van der Waals surface area (Å²) in [5, 5.41) is 0. The number of hydrogen-bond donors (Lipinski definition) is 0. The number of rotatable bonds is 3. The third kappa shape index (κ3) is 2.73. The fourth-order valence-electron chi connectivity index (χ4n) is 3.70. The van der Waals surface area contributed by atoms with Crippen molar-refractivity contribution in [2.45, 2.75) is 69.8 Å². The van der Waals surface area contributed by atoms with Gasteiger partial charge in [-0.15, -0.1) is 0 Å².